The van der Waals surface area contributed by atoms with Gasteiger partial charge in [0.25, 0.3) is 0 Å². The number of carbonyl (C=O) groups is 1. The second-order valence-electron chi connectivity index (χ2n) is 3.40. The van der Waals surface area contributed by atoms with Crippen molar-refractivity contribution < 1.29 is 9.21 Å². The van der Waals surface area contributed by atoms with Gasteiger partial charge in [0.05, 0.1) is 12.1 Å². The van der Waals surface area contributed by atoms with Crippen molar-refractivity contribution >= 4 is 16.9 Å². The minimum atomic E-state index is -0.506. The second-order valence-corrected chi connectivity index (χ2v) is 3.40. The summed E-state index contributed by atoms with van der Waals surface area (Å²) in [4.78, 5) is 22.6. The van der Waals surface area contributed by atoms with Crippen molar-refractivity contribution in [1.82, 2.24) is 4.57 Å². The third-order valence-electron chi connectivity index (χ3n) is 2.32. The molecule has 0 spiro atoms. The Balaban J connectivity index is 2.71. The Morgan fingerprint density at radius 2 is 2.31 bits per heavy atom. The lowest BCUT2D eigenvalue weighted by atomic mass is 10.1. The molecule has 1 heterocycles. The molecule has 0 N–H and O–H groups in total. The van der Waals surface area contributed by atoms with Crippen LogP contribution in [0.4, 0.5) is 0 Å². The molecular formula is C12H9NO3. The zero-order valence-corrected chi connectivity index (χ0v) is 8.69. The van der Waals surface area contributed by atoms with E-state index in [0.29, 0.717) is 16.7 Å². The Hall–Kier alpha value is -2.28. The van der Waals surface area contributed by atoms with Crippen LogP contribution in [0, 0.1) is 12.3 Å². The van der Waals surface area contributed by atoms with E-state index < -0.39 is 5.76 Å². The number of ketones is 1. The summed E-state index contributed by atoms with van der Waals surface area (Å²) < 4.78 is 6.35. The van der Waals surface area contributed by atoms with Crippen molar-refractivity contribution in [3.63, 3.8) is 0 Å². The van der Waals surface area contributed by atoms with Crippen LogP contribution in [0.3, 0.4) is 0 Å². The van der Waals surface area contributed by atoms with Crippen molar-refractivity contribution in [3.05, 3.63) is 34.3 Å². The van der Waals surface area contributed by atoms with E-state index in [4.69, 9.17) is 10.8 Å². The van der Waals surface area contributed by atoms with Gasteiger partial charge in [0.2, 0.25) is 0 Å². The van der Waals surface area contributed by atoms with Gasteiger partial charge < -0.3 is 4.42 Å². The molecule has 0 amide bonds. The van der Waals surface area contributed by atoms with Gasteiger partial charge in [-0.1, -0.05) is 5.92 Å². The number of carbonyl (C=O) groups excluding carboxylic acids is 1. The highest BCUT2D eigenvalue weighted by atomic mass is 16.4. The van der Waals surface area contributed by atoms with Gasteiger partial charge in [0.1, 0.15) is 0 Å². The van der Waals surface area contributed by atoms with E-state index in [0.717, 1.165) is 0 Å². The summed E-state index contributed by atoms with van der Waals surface area (Å²) in [6.45, 7) is 1.61. The highest BCUT2D eigenvalue weighted by molar-refractivity contribution is 5.96. The number of hydrogen-bond donors (Lipinski definition) is 0. The van der Waals surface area contributed by atoms with Gasteiger partial charge in [0.15, 0.2) is 11.4 Å². The molecule has 0 aliphatic heterocycles. The highest BCUT2D eigenvalue weighted by Crippen LogP contribution is 2.15. The van der Waals surface area contributed by atoms with Crippen molar-refractivity contribution in [2.24, 2.45) is 0 Å². The molecule has 0 saturated heterocycles. The first kappa shape index (κ1) is 10.2. The van der Waals surface area contributed by atoms with Crippen LogP contribution in [0.5, 0.6) is 0 Å². The van der Waals surface area contributed by atoms with E-state index >= 15 is 0 Å². The van der Waals surface area contributed by atoms with E-state index in [1.807, 2.05) is 0 Å². The number of rotatable bonds is 2. The van der Waals surface area contributed by atoms with Gasteiger partial charge in [0, 0.05) is 5.56 Å². The molecule has 1 aromatic carbocycles. The zero-order chi connectivity index (χ0) is 11.7. The number of terminal acetylenes is 1. The number of hydrogen-bond acceptors (Lipinski definition) is 3. The van der Waals surface area contributed by atoms with E-state index in [1.165, 1.54) is 11.5 Å². The summed E-state index contributed by atoms with van der Waals surface area (Å²) in [5, 5.41) is 0. The van der Waals surface area contributed by atoms with Crippen LogP contribution >= 0.6 is 0 Å². The maximum Gasteiger partial charge on any atom is 0.420 e. The lowest BCUT2D eigenvalue weighted by Gasteiger charge is -1.96. The molecule has 0 radical (unpaired) electrons. The van der Waals surface area contributed by atoms with Gasteiger partial charge in [-0.2, -0.15) is 0 Å². The third kappa shape index (κ3) is 1.52. The molecule has 0 saturated carbocycles. The summed E-state index contributed by atoms with van der Waals surface area (Å²) in [5.41, 5.74) is 1.50. The molecular weight excluding hydrogens is 206 g/mol. The SMILES string of the molecule is C#CCn1c(=O)oc2cc(C(C)=O)ccc21. The smallest absolute Gasteiger partial charge is 0.408 e. The normalized spacial score (nSPS) is 10.2. The van der Waals surface area contributed by atoms with Gasteiger partial charge in [-0.3, -0.25) is 9.36 Å². The second kappa shape index (κ2) is 3.70. The third-order valence-corrected chi connectivity index (χ3v) is 2.32. The molecule has 0 unspecified atom stereocenters. The van der Waals surface area contributed by atoms with Crippen LogP contribution in [0.15, 0.2) is 27.4 Å². The van der Waals surface area contributed by atoms with Crippen LogP contribution in [0.1, 0.15) is 17.3 Å². The fourth-order valence-electron chi connectivity index (χ4n) is 1.53. The summed E-state index contributed by atoms with van der Waals surface area (Å²) in [7, 11) is 0. The van der Waals surface area contributed by atoms with Crippen molar-refractivity contribution in [1.29, 1.82) is 0 Å². The molecule has 1 aromatic heterocycles. The largest absolute Gasteiger partial charge is 0.420 e. The van der Waals surface area contributed by atoms with Crippen LogP contribution < -0.4 is 5.76 Å². The minimum Gasteiger partial charge on any atom is -0.408 e. The average Bonchev–Trinajstić information content (AvgIpc) is 2.55. The number of benzene rings is 1. The first-order chi connectivity index (χ1) is 7.63. The summed E-state index contributed by atoms with van der Waals surface area (Å²) in [6, 6.07) is 4.85. The van der Waals surface area contributed by atoms with E-state index in [9.17, 15) is 9.59 Å². The Kier molecular flexibility index (Phi) is 2.37. The zero-order valence-electron chi connectivity index (χ0n) is 8.69. The summed E-state index contributed by atoms with van der Waals surface area (Å²) in [5.74, 6) is 1.80. The Bertz CT molecular complexity index is 655. The highest BCUT2D eigenvalue weighted by Gasteiger charge is 2.09. The first-order valence-electron chi connectivity index (χ1n) is 4.71. The molecule has 2 rings (SSSR count). The van der Waals surface area contributed by atoms with Gasteiger partial charge in [-0.05, 0) is 25.1 Å². The van der Waals surface area contributed by atoms with Crippen LogP contribution in [-0.4, -0.2) is 10.4 Å². The number of Topliss-reactive ketones (excluding diaryl/α,β-unsaturated/α-hetero) is 1. The predicted octanol–water partition coefficient (Wildman–Crippen LogP) is 1.43. The number of nitrogens with zero attached hydrogens (tertiary/aromatic N) is 1. The lowest BCUT2D eigenvalue weighted by molar-refractivity contribution is 0.101. The topological polar surface area (TPSA) is 52.2 Å². The van der Waals surface area contributed by atoms with Crippen LogP contribution in [0.2, 0.25) is 0 Å². The maximum absolute atomic E-state index is 11.4. The van der Waals surface area contributed by atoms with Crippen LogP contribution in [0.25, 0.3) is 11.1 Å². The molecule has 80 valence electrons. The van der Waals surface area contributed by atoms with Crippen molar-refractivity contribution in [2.45, 2.75) is 13.5 Å². The van der Waals surface area contributed by atoms with Crippen molar-refractivity contribution in [3.8, 4) is 12.3 Å². The van der Waals surface area contributed by atoms with E-state index in [1.54, 1.807) is 18.2 Å². The summed E-state index contributed by atoms with van der Waals surface area (Å²) in [6.07, 6.45) is 5.15. The fraction of sp³-hybridized carbons (Fsp3) is 0.167. The Morgan fingerprint density at radius 1 is 1.56 bits per heavy atom. The molecule has 16 heavy (non-hydrogen) atoms. The molecule has 0 aliphatic carbocycles. The molecule has 4 nitrogen and oxygen atoms in total. The predicted molar refractivity (Wildman–Crippen MR) is 59.3 cm³/mol. The monoisotopic (exact) mass is 215 g/mol. The average molecular weight is 215 g/mol. The van der Waals surface area contributed by atoms with Crippen LogP contribution in [-0.2, 0) is 6.54 Å². The van der Waals surface area contributed by atoms with Gasteiger partial charge in [-0.15, -0.1) is 6.42 Å². The lowest BCUT2D eigenvalue weighted by Crippen LogP contribution is -2.12. The number of aromatic nitrogens is 1. The summed E-state index contributed by atoms with van der Waals surface area (Å²) >= 11 is 0. The van der Waals surface area contributed by atoms with E-state index in [-0.39, 0.29) is 12.3 Å². The van der Waals surface area contributed by atoms with Gasteiger partial charge in [-0.25, -0.2) is 4.79 Å². The molecule has 0 aliphatic rings. The molecule has 4 heteroatoms. The Labute approximate surface area is 91.5 Å². The number of fused-ring (bicyclic) bond motifs is 1. The van der Waals surface area contributed by atoms with E-state index in [2.05, 4.69) is 5.92 Å². The molecule has 0 fully saturated rings. The first-order valence-corrected chi connectivity index (χ1v) is 4.71. The van der Waals surface area contributed by atoms with Gasteiger partial charge >= 0.3 is 5.76 Å². The number of oxazole rings is 1. The maximum atomic E-state index is 11.4. The minimum absolute atomic E-state index is 0.0748. The molecule has 0 bridgehead atoms. The standard InChI is InChI=1S/C12H9NO3/c1-3-6-13-10-5-4-9(8(2)14)7-11(10)16-12(13)15/h1,4-5,7H,6H2,2H3. The molecule has 0 atom stereocenters. The Morgan fingerprint density at radius 3 is 2.94 bits per heavy atom. The molecule has 2 aromatic rings. The van der Waals surface area contributed by atoms with Crippen molar-refractivity contribution in [2.75, 3.05) is 0 Å². The quantitative estimate of drug-likeness (QED) is 0.562. The fourth-order valence-corrected chi connectivity index (χ4v) is 1.53.